The number of rotatable bonds is 13. The maximum absolute atomic E-state index is 10.2. The van der Waals surface area contributed by atoms with Crippen molar-refractivity contribution in [2.45, 2.75) is 84.0 Å². The normalized spacial score (nSPS) is 10.1. The summed E-state index contributed by atoms with van der Waals surface area (Å²) in [5.74, 6) is -0.879. The largest absolute Gasteiger partial charge is 0.478 e. The van der Waals surface area contributed by atoms with Gasteiger partial charge in [0, 0.05) is 0 Å². The Kier molecular flexibility index (Phi) is 17.8. The summed E-state index contributed by atoms with van der Waals surface area (Å²) in [4.78, 5) is 10.2. The Hall–Kier alpha value is -0.880. The zero-order valence-electron chi connectivity index (χ0n) is 15.5. The van der Waals surface area contributed by atoms with Gasteiger partial charge in [0.25, 0.3) is 0 Å². The quantitative estimate of drug-likeness (QED) is 0.308. The first-order valence-electron chi connectivity index (χ1n) is 9.70. The van der Waals surface area contributed by atoms with Crippen LogP contribution in [0.25, 0.3) is 0 Å². The number of carbonyl (C=O) groups is 1. The third kappa shape index (κ3) is 16.0. The van der Waals surface area contributed by atoms with Gasteiger partial charge in [0.1, 0.15) is 0 Å². The lowest BCUT2D eigenvalue weighted by atomic mass is 10.1. The Balaban J connectivity index is 0.000000496. The van der Waals surface area contributed by atoms with Crippen LogP contribution in [0.2, 0.25) is 0 Å². The molecule has 0 radical (unpaired) electrons. The molecular weight excluding hydrogens is 315 g/mol. The number of hydrogen-bond acceptors (Lipinski definition) is 1. The lowest BCUT2D eigenvalue weighted by Gasteiger charge is -2.01. The molecule has 1 unspecified atom stereocenters. The van der Waals surface area contributed by atoms with Crippen molar-refractivity contribution in [1.29, 1.82) is 0 Å². The van der Waals surface area contributed by atoms with Crippen LogP contribution >= 0.6 is 9.24 Å². The molecule has 0 heterocycles. The van der Waals surface area contributed by atoms with E-state index in [1.54, 1.807) is 30.3 Å². The minimum absolute atomic E-state index is 0.331. The van der Waals surface area contributed by atoms with E-state index in [0.29, 0.717) is 5.56 Å². The fourth-order valence-electron chi connectivity index (χ4n) is 2.57. The van der Waals surface area contributed by atoms with Crippen LogP contribution < -0.4 is 0 Å². The number of unbranched alkanes of at least 4 members (excludes halogenated alkanes) is 11. The highest BCUT2D eigenvalue weighted by atomic mass is 31.0. The van der Waals surface area contributed by atoms with Crippen molar-refractivity contribution in [2.24, 2.45) is 0 Å². The van der Waals surface area contributed by atoms with E-state index in [-0.39, 0.29) is 0 Å². The summed E-state index contributed by atoms with van der Waals surface area (Å²) in [6, 6.07) is 8.30. The fourth-order valence-corrected chi connectivity index (χ4v) is 2.85. The van der Waals surface area contributed by atoms with Crippen molar-refractivity contribution in [2.75, 3.05) is 6.16 Å². The number of carboxylic acids is 1. The fraction of sp³-hybridized carbons (Fsp3) is 0.667. The Morgan fingerprint density at radius 1 is 0.792 bits per heavy atom. The minimum Gasteiger partial charge on any atom is -0.478 e. The molecule has 3 heteroatoms. The van der Waals surface area contributed by atoms with Crippen LogP contribution in [0.3, 0.4) is 0 Å². The van der Waals surface area contributed by atoms with Gasteiger partial charge < -0.3 is 5.11 Å². The van der Waals surface area contributed by atoms with Crippen LogP contribution in [0.1, 0.15) is 94.3 Å². The molecule has 0 aliphatic carbocycles. The second kappa shape index (κ2) is 18.5. The van der Waals surface area contributed by atoms with Crippen LogP contribution in [0.4, 0.5) is 0 Å². The lowest BCUT2D eigenvalue weighted by Crippen LogP contribution is -1.93. The minimum atomic E-state index is -0.879. The topological polar surface area (TPSA) is 37.3 Å². The summed E-state index contributed by atoms with van der Waals surface area (Å²) in [6.45, 7) is 2.29. The summed E-state index contributed by atoms with van der Waals surface area (Å²) < 4.78 is 0. The molecular formula is C21H37O2P. The molecule has 24 heavy (non-hydrogen) atoms. The second-order valence-electron chi connectivity index (χ2n) is 6.35. The zero-order valence-corrected chi connectivity index (χ0v) is 16.7. The molecule has 2 nitrogen and oxygen atoms in total. The van der Waals surface area contributed by atoms with Gasteiger partial charge in [0.05, 0.1) is 5.56 Å². The number of aromatic carboxylic acids is 1. The van der Waals surface area contributed by atoms with E-state index in [9.17, 15) is 4.79 Å². The van der Waals surface area contributed by atoms with Gasteiger partial charge in [-0.1, -0.05) is 95.8 Å². The van der Waals surface area contributed by atoms with Gasteiger partial charge in [-0.25, -0.2) is 4.79 Å². The monoisotopic (exact) mass is 352 g/mol. The third-order valence-corrected chi connectivity index (χ3v) is 4.49. The van der Waals surface area contributed by atoms with Crippen molar-refractivity contribution >= 4 is 15.2 Å². The molecule has 0 aromatic heterocycles. The molecule has 0 aliphatic rings. The van der Waals surface area contributed by atoms with E-state index in [0.717, 1.165) is 0 Å². The van der Waals surface area contributed by atoms with E-state index in [4.69, 9.17) is 5.11 Å². The molecule has 1 atom stereocenters. The number of benzene rings is 1. The van der Waals surface area contributed by atoms with E-state index >= 15 is 0 Å². The van der Waals surface area contributed by atoms with E-state index in [2.05, 4.69) is 16.2 Å². The molecule has 1 aromatic carbocycles. The maximum atomic E-state index is 10.2. The molecule has 0 aliphatic heterocycles. The van der Waals surface area contributed by atoms with Crippen LogP contribution in [-0.4, -0.2) is 17.2 Å². The van der Waals surface area contributed by atoms with E-state index < -0.39 is 5.97 Å². The molecule has 0 spiro atoms. The highest BCUT2D eigenvalue weighted by Crippen LogP contribution is 2.12. The maximum Gasteiger partial charge on any atom is 0.335 e. The van der Waals surface area contributed by atoms with Gasteiger partial charge in [0.2, 0.25) is 0 Å². The van der Waals surface area contributed by atoms with Gasteiger partial charge >= 0.3 is 5.97 Å². The predicted octanol–water partition coefficient (Wildman–Crippen LogP) is 6.95. The summed E-state index contributed by atoms with van der Waals surface area (Å²) in [6.07, 6.45) is 18.7. The predicted molar refractivity (Wildman–Crippen MR) is 109 cm³/mol. The first kappa shape index (κ1) is 23.1. The first-order valence-corrected chi connectivity index (χ1v) is 10.5. The van der Waals surface area contributed by atoms with Crippen molar-refractivity contribution < 1.29 is 9.90 Å². The van der Waals surface area contributed by atoms with Crippen LogP contribution in [0.15, 0.2) is 30.3 Å². The first-order chi connectivity index (χ1) is 11.7. The van der Waals surface area contributed by atoms with Gasteiger partial charge in [0.15, 0.2) is 0 Å². The highest BCUT2D eigenvalue weighted by molar-refractivity contribution is 7.16. The standard InChI is InChI=1S/C14H31P.C7H6O2/c1-2-3-4-5-6-7-8-9-10-11-12-13-14-15;8-7(9)6-4-2-1-3-5-6/h2-15H2,1H3;1-5H,(H,8,9). The zero-order chi connectivity index (χ0) is 17.9. The summed E-state index contributed by atoms with van der Waals surface area (Å²) in [7, 11) is 2.81. The molecule has 0 bridgehead atoms. The third-order valence-electron chi connectivity index (χ3n) is 4.08. The summed E-state index contributed by atoms with van der Waals surface area (Å²) in [5.41, 5.74) is 0.331. The molecule has 0 saturated carbocycles. The lowest BCUT2D eigenvalue weighted by molar-refractivity contribution is 0.0697. The van der Waals surface area contributed by atoms with Gasteiger partial charge in [-0.05, 0) is 24.7 Å². The van der Waals surface area contributed by atoms with Gasteiger partial charge in [-0.15, -0.1) is 9.24 Å². The van der Waals surface area contributed by atoms with Crippen molar-refractivity contribution in [3.63, 3.8) is 0 Å². The van der Waals surface area contributed by atoms with Gasteiger partial charge in [-0.2, -0.15) is 0 Å². The molecule has 0 fully saturated rings. The Bertz CT molecular complexity index is 367. The molecule has 0 saturated heterocycles. The molecule has 1 N–H and O–H groups in total. The SMILES string of the molecule is CCCCCCCCCCCCCCP.O=C(O)c1ccccc1. The average molecular weight is 352 g/mol. The van der Waals surface area contributed by atoms with E-state index in [1.165, 1.54) is 83.2 Å². The van der Waals surface area contributed by atoms with Crippen LogP contribution in [0.5, 0.6) is 0 Å². The number of hydrogen-bond donors (Lipinski definition) is 1. The second-order valence-corrected chi connectivity index (χ2v) is 6.93. The van der Waals surface area contributed by atoms with Crippen LogP contribution in [0, 0.1) is 0 Å². The summed E-state index contributed by atoms with van der Waals surface area (Å²) in [5, 5.41) is 8.38. The molecule has 138 valence electrons. The Morgan fingerprint density at radius 3 is 1.54 bits per heavy atom. The molecule has 1 aromatic rings. The van der Waals surface area contributed by atoms with Crippen molar-refractivity contribution in [3.05, 3.63) is 35.9 Å². The van der Waals surface area contributed by atoms with Gasteiger partial charge in [-0.3, -0.25) is 0 Å². The molecule has 0 amide bonds. The Labute approximate surface area is 151 Å². The van der Waals surface area contributed by atoms with E-state index in [1.807, 2.05) is 0 Å². The molecule has 1 rings (SSSR count). The smallest absolute Gasteiger partial charge is 0.335 e. The van der Waals surface area contributed by atoms with Crippen molar-refractivity contribution in [1.82, 2.24) is 0 Å². The van der Waals surface area contributed by atoms with Crippen LogP contribution in [-0.2, 0) is 0 Å². The average Bonchev–Trinajstić information content (AvgIpc) is 2.61. The number of carboxylic acid groups (broad SMARTS) is 1. The Morgan fingerprint density at radius 2 is 1.21 bits per heavy atom. The highest BCUT2D eigenvalue weighted by Gasteiger charge is 1.96. The summed E-state index contributed by atoms with van der Waals surface area (Å²) >= 11 is 0. The van der Waals surface area contributed by atoms with Crippen molar-refractivity contribution in [3.8, 4) is 0 Å².